The topological polar surface area (TPSA) is 92.7 Å². The third-order valence-corrected chi connectivity index (χ3v) is 5.65. The molecule has 4 N–H and O–H groups in total. The molecule has 3 rings (SSSR count). The minimum Gasteiger partial charge on any atom is -0.369 e. The van der Waals surface area contributed by atoms with E-state index in [1.807, 2.05) is 0 Å². The molecule has 0 saturated carbocycles. The maximum absolute atomic E-state index is 11.4. The monoisotopic (exact) mass is 358 g/mol. The number of likely N-dealkylation sites (tertiary alicyclic amines) is 2. The Labute approximate surface area is 155 Å². The van der Waals surface area contributed by atoms with Crippen molar-refractivity contribution in [2.45, 2.75) is 38.8 Å². The summed E-state index contributed by atoms with van der Waals surface area (Å²) in [6.07, 6.45) is 3.88. The molecule has 6 nitrogen and oxygen atoms in total. The first-order chi connectivity index (χ1) is 12.5. The van der Waals surface area contributed by atoms with Crippen LogP contribution in [0.3, 0.4) is 0 Å². The van der Waals surface area contributed by atoms with Crippen LogP contribution in [0.4, 0.5) is 0 Å². The fourth-order valence-corrected chi connectivity index (χ4v) is 4.13. The molecule has 2 heterocycles. The van der Waals surface area contributed by atoms with Gasteiger partial charge in [0.1, 0.15) is 0 Å². The quantitative estimate of drug-likeness (QED) is 0.796. The lowest BCUT2D eigenvalue weighted by atomic mass is 9.96. The first-order valence-corrected chi connectivity index (χ1v) is 9.62. The van der Waals surface area contributed by atoms with Crippen LogP contribution in [0, 0.1) is 11.8 Å². The van der Waals surface area contributed by atoms with Gasteiger partial charge < -0.3 is 11.5 Å². The second-order valence-corrected chi connectivity index (χ2v) is 7.77. The van der Waals surface area contributed by atoms with E-state index < -0.39 is 0 Å². The summed E-state index contributed by atoms with van der Waals surface area (Å²) in [4.78, 5) is 27.5. The highest BCUT2D eigenvalue weighted by Crippen LogP contribution is 2.20. The van der Waals surface area contributed by atoms with Crippen LogP contribution >= 0.6 is 0 Å². The summed E-state index contributed by atoms with van der Waals surface area (Å²) in [6, 6.07) is 8.66. The van der Waals surface area contributed by atoms with Crippen LogP contribution in [0.25, 0.3) is 0 Å². The van der Waals surface area contributed by atoms with Gasteiger partial charge in [-0.1, -0.05) is 24.3 Å². The summed E-state index contributed by atoms with van der Waals surface area (Å²) in [5.74, 6) is -0.387. The van der Waals surface area contributed by atoms with Crippen molar-refractivity contribution in [1.82, 2.24) is 9.80 Å². The molecule has 0 aliphatic carbocycles. The van der Waals surface area contributed by atoms with Crippen molar-refractivity contribution < 1.29 is 9.59 Å². The Kier molecular flexibility index (Phi) is 6.27. The highest BCUT2D eigenvalue weighted by Gasteiger charge is 2.25. The zero-order valence-corrected chi connectivity index (χ0v) is 15.4. The van der Waals surface area contributed by atoms with E-state index in [9.17, 15) is 9.59 Å². The summed E-state index contributed by atoms with van der Waals surface area (Å²) >= 11 is 0. The Hall–Kier alpha value is -1.92. The van der Waals surface area contributed by atoms with Gasteiger partial charge in [0.2, 0.25) is 11.8 Å². The van der Waals surface area contributed by atoms with Crippen LogP contribution in [0.1, 0.15) is 36.8 Å². The van der Waals surface area contributed by atoms with Crippen molar-refractivity contribution in [3.05, 3.63) is 35.4 Å². The minimum absolute atomic E-state index is 0.0136. The van der Waals surface area contributed by atoms with E-state index in [1.165, 1.54) is 11.1 Å². The van der Waals surface area contributed by atoms with E-state index in [0.717, 1.165) is 65.0 Å². The summed E-state index contributed by atoms with van der Waals surface area (Å²) < 4.78 is 0. The predicted molar refractivity (Wildman–Crippen MR) is 101 cm³/mol. The van der Waals surface area contributed by atoms with Crippen LogP contribution in [-0.2, 0) is 22.7 Å². The number of hydrogen-bond donors (Lipinski definition) is 2. The lowest BCUT2D eigenvalue weighted by Crippen LogP contribution is -2.40. The number of primary amides is 2. The Balaban J connectivity index is 1.52. The molecule has 1 aromatic rings. The third-order valence-electron chi connectivity index (χ3n) is 5.65. The third kappa shape index (κ3) is 5.05. The Morgan fingerprint density at radius 1 is 0.808 bits per heavy atom. The van der Waals surface area contributed by atoms with Gasteiger partial charge in [-0.3, -0.25) is 19.4 Å². The molecular formula is C20H30N4O2. The first kappa shape index (κ1) is 18.9. The largest absolute Gasteiger partial charge is 0.369 e. The molecule has 26 heavy (non-hydrogen) atoms. The molecule has 0 spiro atoms. The molecule has 2 amide bonds. The second-order valence-electron chi connectivity index (χ2n) is 7.77. The standard InChI is InChI=1S/C20H30N4O2/c21-19(25)17-3-1-9-23(13-17)11-15-5-7-16(8-6-15)12-24-10-2-4-18(14-24)20(22)26/h5-8,17-18H,1-4,9-14H2,(H2,21,25)(H2,22,26). The van der Waals surface area contributed by atoms with Gasteiger partial charge in [-0.2, -0.15) is 0 Å². The second kappa shape index (κ2) is 8.64. The molecule has 2 unspecified atom stereocenters. The van der Waals surface area contributed by atoms with Gasteiger partial charge in [0, 0.05) is 26.2 Å². The number of carbonyl (C=O) groups excluding carboxylic acids is 2. The van der Waals surface area contributed by atoms with E-state index in [0.29, 0.717) is 0 Å². The van der Waals surface area contributed by atoms with Gasteiger partial charge in [0.15, 0.2) is 0 Å². The molecule has 0 aromatic heterocycles. The van der Waals surface area contributed by atoms with Crippen LogP contribution in [-0.4, -0.2) is 47.8 Å². The maximum atomic E-state index is 11.4. The van der Waals surface area contributed by atoms with E-state index >= 15 is 0 Å². The van der Waals surface area contributed by atoms with Gasteiger partial charge in [-0.25, -0.2) is 0 Å². The fourth-order valence-electron chi connectivity index (χ4n) is 4.13. The zero-order valence-electron chi connectivity index (χ0n) is 15.4. The number of benzene rings is 1. The maximum Gasteiger partial charge on any atom is 0.221 e. The SMILES string of the molecule is NC(=O)C1CCCN(Cc2ccc(CN3CCCC(C(N)=O)C3)cc2)C1. The van der Waals surface area contributed by atoms with E-state index in [2.05, 4.69) is 34.1 Å². The van der Waals surface area contributed by atoms with Crippen LogP contribution in [0.5, 0.6) is 0 Å². The molecule has 2 aliphatic rings. The number of nitrogens with zero attached hydrogens (tertiary/aromatic N) is 2. The number of nitrogens with two attached hydrogens (primary N) is 2. The Morgan fingerprint density at radius 2 is 1.19 bits per heavy atom. The molecule has 2 atom stereocenters. The van der Waals surface area contributed by atoms with Gasteiger partial charge in [0.05, 0.1) is 11.8 Å². The highest BCUT2D eigenvalue weighted by atomic mass is 16.1. The van der Waals surface area contributed by atoms with Crippen LogP contribution in [0.2, 0.25) is 0 Å². The van der Waals surface area contributed by atoms with Crippen molar-refractivity contribution in [2.75, 3.05) is 26.2 Å². The van der Waals surface area contributed by atoms with E-state index in [4.69, 9.17) is 11.5 Å². The fraction of sp³-hybridized carbons (Fsp3) is 0.600. The molecule has 0 bridgehead atoms. The van der Waals surface area contributed by atoms with Crippen molar-refractivity contribution >= 4 is 11.8 Å². The number of rotatable bonds is 6. The number of hydrogen-bond acceptors (Lipinski definition) is 4. The molecule has 2 aliphatic heterocycles. The number of piperidine rings is 2. The van der Waals surface area contributed by atoms with E-state index in [1.54, 1.807) is 0 Å². The number of carbonyl (C=O) groups is 2. The molecule has 6 heteroatoms. The molecule has 2 fully saturated rings. The average molecular weight is 358 g/mol. The minimum atomic E-state index is -0.180. The van der Waals surface area contributed by atoms with E-state index in [-0.39, 0.29) is 23.7 Å². The average Bonchev–Trinajstić information content (AvgIpc) is 2.64. The summed E-state index contributed by atoms with van der Waals surface area (Å²) in [5, 5.41) is 0. The molecular weight excluding hydrogens is 328 g/mol. The van der Waals surface area contributed by atoms with Gasteiger partial charge in [-0.15, -0.1) is 0 Å². The first-order valence-electron chi connectivity index (χ1n) is 9.62. The van der Waals surface area contributed by atoms with Crippen molar-refractivity contribution in [3.8, 4) is 0 Å². The van der Waals surface area contributed by atoms with Crippen molar-refractivity contribution in [1.29, 1.82) is 0 Å². The molecule has 0 radical (unpaired) electrons. The highest BCUT2D eigenvalue weighted by molar-refractivity contribution is 5.77. The Bertz CT molecular complexity index is 576. The summed E-state index contributed by atoms with van der Waals surface area (Å²) in [5.41, 5.74) is 13.4. The Morgan fingerprint density at radius 3 is 1.54 bits per heavy atom. The molecule has 2 saturated heterocycles. The lowest BCUT2D eigenvalue weighted by molar-refractivity contribution is -0.124. The zero-order chi connectivity index (χ0) is 18.5. The van der Waals surface area contributed by atoms with Gasteiger partial charge in [-0.05, 0) is 49.9 Å². The number of amides is 2. The van der Waals surface area contributed by atoms with Crippen LogP contribution < -0.4 is 11.5 Å². The summed E-state index contributed by atoms with van der Waals surface area (Å²) in [7, 11) is 0. The molecule has 1 aromatic carbocycles. The van der Waals surface area contributed by atoms with Crippen molar-refractivity contribution in [2.24, 2.45) is 23.3 Å². The van der Waals surface area contributed by atoms with Crippen LogP contribution in [0.15, 0.2) is 24.3 Å². The smallest absolute Gasteiger partial charge is 0.221 e. The predicted octanol–water partition coefficient (Wildman–Crippen LogP) is 1.08. The van der Waals surface area contributed by atoms with Gasteiger partial charge in [0.25, 0.3) is 0 Å². The summed E-state index contributed by atoms with van der Waals surface area (Å²) in [6.45, 7) is 5.29. The molecule has 142 valence electrons. The van der Waals surface area contributed by atoms with Crippen molar-refractivity contribution in [3.63, 3.8) is 0 Å². The normalized spacial score (nSPS) is 25.1. The van der Waals surface area contributed by atoms with Gasteiger partial charge >= 0.3 is 0 Å². The lowest BCUT2D eigenvalue weighted by Gasteiger charge is -2.31.